The molecule has 12 nitrogen and oxygen atoms in total. The van der Waals surface area contributed by atoms with Gasteiger partial charge in [0, 0.05) is 57.0 Å². The zero-order valence-electron chi connectivity index (χ0n) is 18.3. The van der Waals surface area contributed by atoms with E-state index in [0.717, 1.165) is 13.8 Å². The van der Waals surface area contributed by atoms with Gasteiger partial charge in [0.2, 0.25) is 5.91 Å². The molecule has 0 unspecified atom stereocenters. The molecule has 3 rings (SSSR count). The van der Waals surface area contributed by atoms with E-state index in [1.165, 1.54) is 42.8 Å². The average Bonchev–Trinajstić information content (AvgIpc) is 3.24. The molecule has 1 aromatic carbocycles. The largest absolute Gasteiger partial charge is 0.463 e. The van der Waals surface area contributed by atoms with Crippen LogP contribution in [0.25, 0.3) is 10.9 Å². The molecule has 4 atom stereocenters. The first-order valence-corrected chi connectivity index (χ1v) is 9.93. The number of hydrogen-bond donors (Lipinski definition) is 0. The van der Waals surface area contributed by atoms with Crippen LogP contribution in [0, 0.1) is 10.1 Å². The van der Waals surface area contributed by atoms with Crippen molar-refractivity contribution in [1.29, 1.82) is 0 Å². The summed E-state index contributed by atoms with van der Waals surface area (Å²) in [6, 6.07) is 3.96. The maximum atomic E-state index is 12.2. The summed E-state index contributed by atoms with van der Waals surface area (Å²) >= 11 is 0. The molecule has 33 heavy (non-hydrogen) atoms. The van der Waals surface area contributed by atoms with Gasteiger partial charge in [-0.1, -0.05) is 0 Å². The second-order valence-corrected chi connectivity index (χ2v) is 7.48. The SMILES string of the molecule is CC(=O)OC[C@H]1O[C@@H](c2cn(C(C)=O)c3ccc([N+](=O)[O-])cc23)[C@H](OC(C)=O)[C@@H]1OC(C)=O. The van der Waals surface area contributed by atoms with Gasteiger partial charge in [0.05, 0.1) is 10.4 Å². The minimum atomic E-state index is -1.17. The number of non-ortho nitro benzene ring substituents is 1. The summed E-state index contributed by atoms with van der Waals surface area (Å²) in [5.74, 6) is -2.34. The molecule has 0 amide bonds. The van der Waals surface area contributed by atoms with Crippen LogP contribution in [0.4, 0.5) is 5.69 Å². The van der Waals surface area contributed by atoms with Gasteiger partial charge >= 0.3 is 17.9 Å². The molecule has 0 radical (unpaired) electrons. The van der Waals surface area contributed by atoms with E-state index in [9.17, 15) is 29.3 Å². The third kappa shape index (κ3) is 5.00. The van der Waals surface area contributed by atoms with E-state index in [0.29, 0.717) is 16.5 Å². The second-order valence-electron chi connectivity index (χ2n) is 7.48. The van der Waals surface area contributed by atoms with Crippen molar-refractivity contribution >= 4 is 40.4 Å². The lowest BCUT2D eigenvalue weighted by Gasteiger charge is -2.23. The zero-order valence-corrected chi connectivity index (χ0v) is 18.3. The van der Waals surface area contributed by atoms with Crippen molar-refractivity contribution in [1.82, 2.24) is 4.57 Å². The van der Waals surface area contributed by atoms with Crippen LogP contribution in [0.2, 0.25) is 0 Å². The summed E-state index contributed by atoms with van der Waals surface area (Å²) in [5, 5.41) is 11.6. The van der Waals surface area contributed by atoms with Crippen molar-refractivity contribution in [2.75, 3.05) is 6.61 Å². The lowest BCUT2D eigenvalue weighted by Crippen LogP contribution is -2.40. The Hall–Kier alpha value is -3.80. The number of ether oxygens (including phenoxy) is 4. The van der Waals surface area contributed by atoms with Crippen molar-refractivity contribution < 1.29 is 43.0 Å². The number of benzene rings is 1. The van der Waals surface area contributed by atoms with Gasteiger partial charge < -0.3 is 18.9 Å². The number of nitrogens with zero attached hydrogens (tertiary/aromatic N) is 2. The summed E-state index contributed by atoms with van der Waals surface area (Å²) in [6.07, 6.45) is -2.95. The van der Waals surface area contributed by atoms with Crippen molar-refractivity contribution in [2.45, 2.75) is 52.1 Å². The smallest absolute Gasteiger partial charge is 0.303 e. The molecule has 176 valence electrons. The molecule has 0 bridgehead atoms. The first kappa shape index (κ1) is 23.9. The summed E-state index contributed by atoms with van der Waals surface area (Å²) in [7, 11) is 0. The van der Waals surface area contributed by atoms with E-state index in [4.69, 9.17) is 18.9 Å². The summed E-state index contributed by atoms with van der Waals surface area (Å²) in [6.45, 7) is 4.52. The Balaban J connectivity index is 2.16. The molecule has 1 fully saturated rings. The standard InChI is InChI=1S/C21H22N2O10/c1-10(24)22-8-16(15-7-14(23(28)29)5-6-17(15)22)19-21(32-13(4)27)20(31-12(3)26)18(33-19)9-30-11(2)25/h5-8,18-21H,9H2,1-4H3/t18-,19+,20-,21+/m1/s1. The highest BCUT2D eigenvalue weighted by Gasteiger charge is 2.51. The monoisotopic (exact) mass is 462 g/mol. The third-order valence-electron chi connectivity index (χ3n) is 5.04. The van der Waals surface area contributed by atoms with E-state index in [2.05, 4.69) is 0 Å². The number of fused-ring (bicyclic) bond motifs is 1. The van der Waals surface area contributed by atoms with Gasteiger partial charge in [-0.15, -0.1) is 0 Å². The van der Waals surface area contributed by atoms with E-state index in [1.54, 1.807) is 0 Å². The van der Waals surface area contributed by atoms with Crippen molar-refractivity contribution in [3.05, 3.63) is 40.1 Å². The van der Waals surface area contributed by atoms with Crippen LogP contribution in [-0.4, -0.2) is 58.2 Å². The first-order valence-electron chi connectivity index (χ1n) is 9.93. The van der Waals surface area contributed by atoms with Crippen LogP contribution in [0.1, 0.15) is 44.2 Å². The number of rotatable bonds is 6. The predicted octanol–water partition coefficient (Wildman–Crippen LogP) is 2.08. The van der Waals surface area contributed by atoms with Crippen LogP contribution in [0.5, 0.6) is 0 Å². The fourth-order valence-electron chi connectivity index (χ4n) is 3.81. The number of nitro benzene ring substituents is 1. The third-order valence-corrected chi connectivity index (χ3v) is 5.04. The summed E-state index contributed by atoms with van der Waals surface area (Å²) in [4.78, 5) is 57.8. The second kappa shape index (κ2) is 9.36. The van der Waals surface area contributed by atoms with Gasteiger partial charge in [-0.3, -0.25) is 33.9 Å². The highest BCUT2D eigenvalue weighted by atomic mass is 16.7. The number of aromatic nitrogens is 1. The van der Waals surface area contributed by atoms with Crippen molar-refractivity contribution in [3.63, 3.8) is 0 Å². The minimum Gasteiger partial charge on any atom is -0.463 e. The Kier molecular flexibility index (Phi) is 6.77. The Labute approximate surface area is 187 Å². The number of carbonyl (C=O) groups is 4. The Morgan fingerprint density at radius 3 is 2.21 bits per heavy atom. The van der Waals surface area contributed by atoms with E-state index in [-0.39, 0.29) is 18.2 Å². The van der Waals surface area contributed by atoms with E-state index >= 15 is 0 Å². The number of esters is 3. The topological polar surface area (TPSA) is 153 Å². The average molecular weight is 462 g/mol. The molecule has 2 aromatic rings. The molecule has 1 aliphatic rings. The van der Waals surface area contributed by atoms with Gasteiger partial charge in [0.25, 0.3) is 5.69 Å². The zero-order chi connectivity index (χ0) is 24.4. The Morgan fingerprint density at radius 2 is 1.67 bits per heavy atom. The lowest BCUT2D eigenvalue weighted by molar-refractivity contribution is -0.384. The van der Waals surface area contributed by atoms with Crippen LogP contribution in [0.3, 0.4) is 0 Å². The highest BCUT2D eigenvalue weighted by Crippen LogP contribution is 2.41. The molecular weight excluding hydrogens is 440 g/mol. The Morgan fingerprint density at radius 1 is 1.03 bits per heavy atom. The molecule has 2 heterocycles. The number of carbonyl (C=O) groups excluding carboxylic acids is 4. The van der Waals surface area contributed by atoms with Crippen LogP contribution in [0.15, 0.2) is 24.4 Å². The quantitative estimate of drug-likeness (QED) is 0.270. The molecular formula is C21H22N2O10. The molecule has 0 aliphatic carbocycles. The van der Waals surface area contributed by atoms with Crippen LogP contribution < -0.4 is 0 Å². The molecule has 0 N–H and O–H groups in total. The Bertz CT molecular complexity index is 1140. The van der Waals surface area contributed by atoms with Crippen LogP contribution >= 0.6 is 0 Å². The fraction of sp³-hybridized carbons (Fsp3) is 0.429. The van der Waals surface area contributed by atoms with Crippen molar-refractivity contribution in [2.24, 2.45) is 0 Å². The van der Waals surface area contributed by atoms with Gasteiger partial charge in [-0.2, -0.15) is 0 Å². The van der Waals surface area contributed by atoms with E-state index < -0.39 is 47.2 Å². The highest BCUT2D eigenvalue weighted by molar-refractivity contribution is 5.95. The minimum absolute atomic E-state index is 0.222. The van der Waals surface area contributed by atoms with Crippen LogP contribution in [-0.2, 0) is 33.3 Å². The van der Waals surface area contributed by atoms with Crippen molar-refractivity contribution in [3.8, 4) is 0 Å². The van der Waals surface area contributed by atoms with Gasteiger partial charge in [-0.25, -0.2) is 0 Å². The predicted molar refractivity (Wildman–Crippen MR) is 110 cm³/mol. The van der Waals surface area contributed by atoms with Gasteiger partial charge in [0.15, 0.2) is 12.2 Å². The molecule has 0 saturated carbocycles. The maximum Gasteiger partial charge on any atom is 0.303 e. The summed E-state index contributed by atoms with van der Waals surface area (Å²) in [5.41, 5.74) is 0.457. The fourth-order valence-corrected chi connectivity index (χ4v) is 3.81. The number of hydrogen-bond acceptors (Lipinski definition) is 10. The lowest BCUT2D eigenvalue weighted by atomic mass is 10.00. The summed E-state index contributed by atoms with van der Waals surface area (Å²) < 4.78 is 23.0. The van der Waals surface area contributed by atoms with Gasteiger partial charge in [0.1, 0.15) is 18.8 Å². The molecule has 0 spiro atoms. The molecule has 1 aliphatic heterocycles. The molecule has 12 heteroatoms. The first-order chi connectivity index (χ1) is 15.5. The van der Waals surface area contributed by atoms with Gasteiger partial charge in [-0.05, 0) is 6.07 Å². The number of nitro groups is 1. The molecule has 1 aromatic heterocycles. The molecule has 1 saturated heterocycles. The van der Waals surface area contributed by atoms with E-state index in [1.807, 2.05) is 0 Å². The maximum absolute atomic E-state index is 12.2. The normalized spacial score (nSPS) is 22.1.